The second-order valence-electron chi connectivity index (χ2n) is 9.19. The van der Waals surface area contributed by atoms with Crippen molar-refractivity contribution < 1.29 is 9.59 Å². The molecule has 1 aromatic carbocycles. The van der Waals surface area contributed by atoms with Gasteiger partial charge in [0.15, 0.2) is 0 Å². The number of hydrogen-bond donors (Lipinski definition) is 1. The molecule has 3 fully saturated rings. The molecule has 3 saturated heterocycles. The highest BCUT2D eigenvalue weighted by atomic mass is 35.5. The van der Waals surface area contributed by atoms with E-state index >= 15 is 0 Å². The van der Waals surface area contributed by atoms with Gasteiger partial charge in [0.05, 0.1) is 6.04 Å². The van der Waals surface area contributed by atoms with Crippen molar-refractivity contribution in [2.75, 3.05) is 65.2 Å². The fourth-order valence-electron chi connectivity index (χ4n) is 5.10. The number of amides is 3. The minimum Gasteiger partial charge on any atom is -0.339 e. The maximum Gasteiger partial charge on any atom is 0.321 e. The molecule has 0 radical (unpaired) electrons. The largest absolute Gasteiger partial charge is 0.339 e. The number of rotatable bonds is 2. The van der Waals surface area contributed by atoms with Gasteiger partial charge in [-0.3, -0.25) is 9.69 Å². The zero-order valence-corrected chi connectivity index (χ0v) is 18.7. The number of likely N-dealkylation sites (tertiary alicyclic amines) is 2. The van der Waals surface area contributed by atoms with Crippen LogP contribution in [0.25, 0.3) is 0 Å². The standard InChI is InChI=1S/C22H32ClN5O2/c1-25-10-12-27(13-11-25)20(29)19-15-22(16-26(19)2)6-8-28(9-7-22)21(30)24-18-5-3-4-17(23)14-18/h3-5,14,19H,6-13,15-16H2,1-2H3,(H,24,30). The first-order valence-corrected chi connectivity index (χ1v) is 11.2. The van der Waals surface area contributed by atoms with Gasteiger partial charge in [-0.1, -0.05) is 17.7 Å². The van der Waals surface area contributed by atoms with Crippen LogP contribution in [0.3, 0.4) is 0 Å². The van der Waals surface area contributed by atoms with Crippen molar-refractivity contribution in [1.82, 2.24) is 19.6 Å². The zero-order chi connectivity index (χ0) is 21.3. The number of nitrogens with one attached hydrogen (secondary N) is 1. The molecule has 30 heavy (non-hydrogen) atoms. The van der Waals surface area contributed by atoms with Crippen molar-refractivity contribution in [2.24, 2.45) is 5.41 Å². The number of likely N-dealkylation sites (N-methyl/N-ethyl adjacent to an activating group) is 2. The number of carbonyl (C=O) groups excluding carboxylic acids is 2. The van der Waals surface area contributed by atoms with Gasteiger partial charge in [0.25, 0.3) is 0 Å². The molecule has 7 nitrogen and oxygen atoms in total. The van der Waals surface area contributed by atoms with Gasteiger partial charge in [-0.2, -0.15) is 0 Å². The summed E-state index contributed by atoms with van der Waals surface area (Å²) in [5.41, 5.74) is 0.848. The lowest BCUT2D eigenvalue weighted by Gasteiger charge is -2.39. The Bertz CT molecular complexity index is 787. The van der Waals surface area contributed by atoms with E-state index in [9.17, 15) is 9.59 Å². The van der Waals surface area contributed by atoms with Gasteiger partial charge < -0.3 is 20.0 Å². The van der Waals surface area contributed by atoms with Crippen LogP contribution in [0, 0.1) is 5.41 Å². The molecule has 0 saturated carbocycles. The predicted molar refractivity (Wildman–Crippen MR) is 119 cm³/mol. The molecule has 0 bridgehead atoms. The Morgan fingerprint density at radius 2 is 1.73 bits per heavy atom. The highest BCUT2D eigenvalue weighted by Gasteiger charge is 2.48. The highest BCUT2D eigenvalue weighted by molar-refractivity contribution is 6.30. The minimum absolute atomic E-state index is 0.0276. The van der Waals surface area contributed by atoms with Crippen LogP contribution in [0.4, 0.5) is 10.5 Å². The molecule has 0 aliphatic carbocycles. The van der Waals surface area contributed by atoms with E-state index in [1.807, 2.05) is 21.9 Å². The summed E-state index contributed by atoms with van der Waals surface area (Å²) in [6, 6.07) is 7.11. The van der Waals surface area contributed by atoms with Crippen LogP contribution in [0.5, 0.6) is 0 Å². The van der Waals surface area contributed by atoms with Crippen molar-refractivity contribution in [2.45, 2.75) is 25.3 Å². The van der Waals surface area contributed by atoms with Gasteiger partial charge in [-0.05, 0) is 57.0 Å². The molecule has 3 aliphatic heterocycles. The van der Waals surface area contributed by atoms with E-state index in [4.69, 9.17) is 11.6 Å². The Balaban J connectivity index is 1.31. The van der Waals surface area contributed by atoms with Crippen LogP contribution in [-0.2, 0) is 4.79 Å². The molecular formula is C22H32ClN5O2. The van der Waals surface area contributed by atoms with E-state index < -0.39 is 0 Å². The molecule has 0 aromatic heterocycles. The summed E-state index contributed by atoms with van der Waals surface area (Å²) >= 11 is 6.01. The summed E-state index contributed by atoms with van der Waals surface area (Å²) in [5.74, 6) is 0.281. The number of benzene rings is 1. The van der Waals surface area contributed by atoms with Gasteiger partial charge in [0.2, 0.25) is 5.91 Å². The number of piperidine rings is 1. The van der Waals surface area contributed by atoms with Crippen LogP contribution < -0.4 is 5.32 Å². The Kier molecular flexibility index (Phi) is 6.23. The van der Waals surface area contributed by atoms with Gasteiger partial charge >= 0.3 is 6.03 Å². The van der Waals surface area contributed by atoms with E-state index in [0.717, 1.165) is 65.1 Å². The van der Waals surface area contributed by atoms with Crippen LogP contribution in [0.15, 0.2) is 24.3 Å². The summed E-state index contributed by atoms with van der Waals surface area (Å²) < 4.78 is 0. The van der Waals surface area contributed by atoms with Crippen LogP contribution in [0.1, 0.15) is 19.3 Å². The summed E-state index contributed by atoms with van der Waals surface area (Å²) in [4.78, 5) is 34.2. The second-order valence-corrected chi connectivity index (χ2v) is 9.63. The van der Waals surface area contributed by atoms with Gasteiger partial charge in [0, 0.05) is 56.5 Å². The molecule has 1 N–H and O–H groups in total. The fourth-order valence-corrected chi connectivity index (χ4v) is 5.29. The third-order valence-corrected chi connectivity index (χ3v) is 7.27. The van der Waals surface area contributed by atoms with Gasteiger partial charge in [0.1, 0.15) is 0 Å². The number of piperazine rings is 1. The Labute approximate surface area is 183 Å². The molecule has 8 heteroatoms. The zero-order valence-electron chi connectivity index (χ0n) is 17.9. The lowest BCUT2D eigenvalue weighted by Crippen LogP contribution is -2.52. The third kappa shape index (κ3) is 4.58. The average molecular weight is 434 g/mol. The number of nitrogens with zero attached hydrogens (tertiary/aromatic N) is 4. The van der Waals surface area contributed by atoms with E-state index in [0.29, 0.717) is 10.7 Å². The Morgan fingerprint density at radius 1 is 1.03 bits per heavy atom. The number of carbonyl (C=O) groups is 2. The Morgan fingerprint density at radius 3 is 2.40 bits per heavy atom. The number of anilines is 1. The van der Waals surface area contributed by atoms with E-state index in [1.165, 1.54) is 0 Å². The second kappa shape index (κ2) is 8.73. The monoisotopic (exact) mass is 433 g/mol. The molecule has 3 aliphatic rings. The molecule has 1 unspecified atom stereocenters. The van der Waals surface area contributed by atoms with E-state index in [2.05, 4.69) is 29.2 Å². The first-order valence-electron chi connectivity index (χ1n) is 10.8. The van der Waals surface area contributed by atoms with Gasteiger partial charge in [-0.15, -0.1) is 0 Å². The van der Waals surface area contributed by atoms with Crippen LogP contribution in [0.2, 0.25) is 5.02 Å². The molecule has 164 valence electrons. The van der Waals surface area contributed by atoms with Crippen molar-refractivity contribution in [1.29, 1.82) is 0 Å². The highest BCUT2D eigenvalue weighted by Crippen LogP contribution is 2.43. The van der Waals surface area contributed by atoms with E-state index in [1.54, 1.807) is 12.1 Å². The molecule has 3 heterocycles. The molecule has 3 amide bonds. The summed E-state index contributed by atoms with van der Waals surface area (Å²) in [6.45, 7) is 5.91. The predicted octanol–water partition coefficient (Wildman–Crippen LogP) is 2.43. The Hall–Kier alpha value is -1.83. The number of halogens is 1. The van der Waals surface area contributed by atoms with Crippen molar-refractivity contribution >= 4 is 29.2 Å². The van der Waals surface area contributed by atoms with Crippen molar-refractivity contribution in [3.8, 4) is 0 Å². The summed E-state index contributed by atoms with van der Waals surface area (Å²) in [5, 5.41) is 3.55. The van der Waals surface area contributed by atoms with Crippen molar-refractivity contribution in [3.05, 3.63) is 29.3 Å². The molecule has 1 aromatic rings. The summed E-state index contributed by atoms with van der Waals surface area (Å²) in [7, 11) is 4.18. The lowest BCUT2D eigenvalue weighted by molar-refractivity contribution is -0.137. The molecular weight excluding hydrogens is 402 g/mol. The lowest BCUT2D eigenvalue weighted by atomic mass is 9.76. The normalized spacial score (nSPS) is 25.0. The summed E-state index contributed by atoms with van der Waals surface area (Å²) in [6.07, 6.45) is 2.78. The first-order chi connectivity index (χ1) is 14.3. The number of urea groups is 1. The molecule has 1 spiro atoms. The third-order valence-electron chi connectivity index (χ3n) is 7.03. The van der Waals surface area contributed by atoms with Crippen LogP contribution in [-0.4, -0.2) is 97.5 Å². The maximum absolute atomic E-state index is 13.1. The smallest absolute Gasteiger partial charge is 0.321 e. The van der Waals surface area contributed by atoms with Crippen LogP contribution >= 0.6 is 11.6 Å². The average Bonchev–Trinajstić information content (AvgIpc) is 3.04. The maximum atomic E-state index is 13.1. The molecule has 1 atom stereocenters. The topological polar surface area (TPSA) is 59.1 Å². The van der Waals surface area contributed by atoms with Crippen molar-refractivity contribution in [3.63, 3.8) is 0 Å². The van der Waals surface area contributed by atoms with E-state index in [-0.39, 0.29) is 23.4 Å². The quantitative estimate of drug-likeness (QED) is 0.778. The SMILES string of the molecule is CN1CCN(C(=O)C2CC3(CCN(C(=O)Nc4cccc(Cl)c4)CC3)CN2C)CC1. The number of hydrogen-bond acceptors (Lipinski definition) is 4. The first kappa shape index (κ1) is 21.4. The molecule has 4 rings (SSSR count). The van der Waals surface area contributed by atoms with Gasteiger partial charge in [-0.25, -0.2) is 4.79 Å². The fraction of sp³-hybridized carbons (Fsp3) is 0.636. The minimum atomic E-state index is -0.0801.